The van der Waals surface area contributed by atoms with Crippen LogP contribution in [0.1, 0.15) is 6.42 Å². The molecule has 0 bridgehead atoms. The number of hydrogen-bond acceptors (Lipinski definition) is 4. The maximum Gasteiger partial charge on any atom is 0.239 e. The van der Waals surface area contributed by atoms with Gasteiger partial charge in [0.05, 0.1) is 12.2 Å². The Kier molecular flexibility index (Phi) is 3.02. The highest BCUT2D eigenvalue weighted by Gasteiger charge is 2.31. The monoisotopic (exact) mass is 174 g/mol. The molecule has 0 radical (unpaired) electrons. The van der Waals surface area contributed by atoms with Gasteiger partial charge in [-0.2, -0.15) is 0 Å². The normalized spacial score (nSPS) is 36.1. The second-order valence-electron chi connectivity index (χ2n) is 2.96. The van der Waals surface area contributed by atoms with Gasteiger partial charge in [-0.3, -0.25) is 4.79 Å². The van der Waals surface area contributed by atoms with Gasteiger partial charge >= 0.3 is 0 Å². The molecule has 0 saturated carbocycles. The molecule has 1 aliphatic heterocycles. The first kappa shape index (κ1) is 9.44. The fourth-order valence-corrected chi connectivity index (χ4v) is 1.32. The number of likely N-dealkylation sites (N-methyl/N-ethyl adjacent to an activating group) is 1. The van der Waals surface area contributed by atoms with Gasteiger partial charge in [-0.1, -0.05) is 0 Å². The molecule has 1 fully saturated rings. The molecular formula is C7H14N2O3. The van der Waals surface area contributed by atoms with Gasteiger partial charge in [0, 0.05) is 20.0 Å². The van der Waals surface area contributed by atoms with Crippen LogP contribution >= 0.6 is 0 Å². The van der Waals surface area contributed by atoms with Crippen LogP contribution < -0.4 is 10.6 Å². The highest BCUT2D eigenvalue weighted by Crippen LogP contribution is 2.08. The lowest BCUT2D eigenvalue weighted by atomic mass is 9.99. The Hall–Kier alpha value is -0.650. The molecule has 1 saturated heterocycles. The van der Waals surface area contributed by atoms with E-state index in [2.05, 4.69) is 10.6 Å². The third kappa shape index (κ3) is 1.94. The zero-order valence-electron chi connectivity index (χ0n) is 6.95. The van der Waals surface area contributed by atoms with Crippen molar-refractivity contribution in [2.24, 2.45) is 0 Å². The largest absolute Gasteiger partial charge is 0.392 e. The lowest BCUT2D eigenvalue weighted by Gasteiger charge is -2.30. The quantitative estimate of drug-likeness (QED) is 0.364. The van der Waals surface area contributed by atoms with Crippen LogP contribution in [-0.2, 0) is 4.79 Å². The highest BCUT2D eigenvalue weighted by molar-refractivity contribution is 5.82. The van der Waals surface area contributed by atoms with Crippen LogP contribution in [0.25, 0.3) is 0 Å². The third-order valence-corrected chi connectivity index (χ3v) is 2.00. The Morgan fingerprint density at radius 1 is 1.58 bits per heavy atom. The van der Waals surface area contributed by atoms with Crippen LogP contribution in [0.5, 0.6) is 0 Å². The summed E-state index contributed by atoms with van der Waals surface area (Å²) in [5.74, 6) is -0.241. The molecular weight excluding hydrogens is 160 g/mol. The van der Waals surface area contributed by atoms with Crippen molar-refractivity contribution in [1.29, 1.82) is 0 Å². The smallest absolute Gasteiger partial charge is 0.239 e. The summed E-state index contributed by atoms with van der Waals surface area (Å²) < 4.78 is 0. The van der Waals surface area contributed by atoms with Gasteiger partial charge < -0.3 is 20.8 Å². The van der Waals surface area contributed by atoms with E-state index in [1.165, 1.54) is 7.05 Å². The van der Waals surface area contributed by atoms with Crippen LogP contribution in [0, 0.1) is 0 Å². The first-order chi connectivity index (χ1) is 5.65. The molecule has 0 aromatic rings. The number of aliphatic hydroxyl groups is 2. The van der Waals surface area contributed by atoms with Gasteiger partial charge in [0.25, 0.3) is 0 Å². The van der Waals surface area contributed by atoms with E-state index < -0.39 is 18.2 Å². The zero-order valence-corrected chi connectivity index (χ0v) is 6.95. The maximum absolute atomic E-state index is 11.1. The average Bonchev–Trinajstić information content (AvgIpc) is 2.03. The van der Waals surface area contributed by atoms with Crippen LogP contribution in [-0.4, -0.2) is 48.0 Å². The van der Waals surface area contributed by atoms with Crippen molar-refractivity contribution in [1.82, 2.24) is 10.6 Å². The van der Waals surface area contributed by atoms with Gasteiger partial charge in [-0.15, -0.1) is 0 Å². The standard InChI is InChI=1S/C7H14N2O3/c1-8-7(12)6-5(11)2-4(10)3-9-6/h4-6,9-11H,2-3H2,1H3,(H,8,12). The Labute approximate surface area is 70.8 Å². The minimum Gasteiger partial charge on any atom is -0.392 e. The van der Waals surface area contributed by atoms with E-state index in [1.807, 2.05) is 0 Å². The van der Waals surface area contributed by atoms with Crippen LogP contribution in [0.2, 0.25) is 0 Å². The first-order valence-electron chi connectivity index (χ1n) is 3.96. The lowest BCUT2D eigenvalue weighted by molar-refractivity contribution is -0.127. The lowest BCUT2D eigenvalue weighted by Crippen LogP contribution is -2.57. The molecule has 5 nitrogen and oxygen atoms in total. The van der Waals surface area contributed by atoms with Gasteiger partial charge in [-0.05, 0) is 0 Å². The molecule has 0 aromatic carbocycles. The summed E-state index contributed by atoms with van der Waals surface area (Å²) >= 11 is 0. The Bertz CT molecular complexity index is 174. The van der Waals surface area contributed by atoms with Gasteiger partial charge in [-0.25, -0.2) is 0 Å². The Morgan fingerprint density at radius 3 is 2.75 bits per heavy atom. The van der Waals surface area contributed by atoms with Gasteiger partial charge in [0.1, 0.15) is 6.04 Å². The molecule has 3 unspecified atom stereocenters. The van der Waals surface area contributed by atoms with Crippen LogP contribution in [0.4, 0.5) is 0 Å². The van der Waals surface area contributed by atoms with E-state index in [1.54, 1.807) is 0 Å². The summed E-state index contributed by atoms with van der Waals surface area (Å²) in [6.45, 7) is 0.356. The van der Waals surface area contributed by atoms with Crippen molar-refractivity contribution >= 4 is 5.91 Å². The second-order valence-corrected chi connectivity index (χ2v) is 2.96. The zero-order chi connectivity index (χ0) is 9.14. The predicted octanol–water partition coefficient (Wildman–Crippen LogP) is -2.18. The molecule has 4 N–H and O–H groups in total. The highest BCUT2D eigenvalue weighted by atomic mass is 16.3. The number of amides is 1. The maximum atomic E-state index is 11.1. The predicted molar refractivity (Wildman–Crippen MR) is 42.5 cm³/mol. The summed E-state index contributed by atoms with van der Waals surface area (Å²) in [7, 11) is 1.52. The van der Waals surface area contributed by atoms with E-state index in [0.717, 1.165) is 0 Å². The number of β-amino-alcohol motifs (C(OH)–C–C–N with tert-alkyl or cyclic N) is 1. The third-order valence-electron chi connectivity index (χ3n) is 2.00. The first-order valence-corrected chi connectivity index (χ1v) is 3.96. The topological polar surface area (TPSA) is 81.6 Å². The molecule has 12 heavy (non-hydrogen) atoms. The molecule has 70 valence electrons. The van der Waals surface area contributed by atoms with Crippen molar-refractivity contribution in [3.8, 4) is 0 Å². The fourth-order valence-electron chi connectivity index (χ4n) is 1.32. The number of piperidine rings is 1. The number of carbonyl (C=O) groups is 1. The SMILES string of the molecule is CNC(=O)C1NCC(O)CC1O. The average molecular weight is 174 g/mol. The summed E-state index contributed by atoms with van der Waals surface area (Å²) in [4.78, 5) is 11.1. The van der Waals surface area contributed by atoms with E-state index in [4.69, 9.17) is 5.11 Å². The molecule has 1 heterocycles. The summed E-state index contributed by atoms with van der Waals surface area (Å²) in [6.07, 6.45) is -1.10. The Balaban J connectivity index is 2.50. The minimum absolute atomic E-state index is 0.241. The summed E-state index contributed by atoms with van der Waals surface area (Å²) in [5, 5.41) is 23.6. The summed E-state index contributed by atoms with van der Waals surface area (Å²) in [6, 6.07) is -0.585. The molecule has 1 amide bonds. The van der Waals surface area contributed by atoms with E-state index >= 15 is 0 Å². The number of carbonyl (C=O) groups excluding carboxylic acids is 1. The minimum atomic E-state index is -0.798. The molecule has 0 aromatic heterocycles. The van der Waals surface area contributed by atoms with E-state index in [-0.39, 0.29) is 12.3 Å². The van der Waals surface area contributed by atoms with Gasteiger partial charge in [0.15, 0.2) is 0 Å². The molecule has 5 heteroatoms. The van der Waals surface area contributed by atoms with Crippen molar-refractivity contribution < 1.29 is 15.0 Å². The fraction of sp³-hybridized carbons (Fsp3) is 0.857. The van der Waals surface area contributed by atoms with Crippen LogP contribution in [0.3, 0.4) is 0 Å². The molecule has 1 rings (SSSR count). The van der Waals surface area contributed by atoms with Crippen molar-refractivity contribution in [3.63, 3.8) is 0 Å². The van der Waals surface area contributed by atoms with E-state index in [9.17, 15) is 9.90 Å². The number of nitrogens with one attached hydrogen (secondary N) is 2. The van der Waals surface area contributed by atoms with Crippen molar-refractivity contribution in [2.45, 2.75) is 24.7 Å². The number of hydrogen-bond donors (Lipinski definition) is 4. The molecule has 0 spiro atoms. The summed E-state index contributed by atoms with van der Waals surface area (Å²) in [5.41, 5.74) is 0. The number of rotatable bonds is 1. The van der Waals surface area contributed by atoms with Crippen molar-refractivity contribution in [2.75, 3.05) is 13.6 Å². The van der Waals surface area contributed by atoms with Gasteiger partial charge in [0.2, 0.25) is 5.91 Å². The van der Waals surface area contributed by atoms with Crippen molar-refractivity contribution in [3.05, 3.63) is 0 Å². The Morgan fingerprint density at radius 2 is 2.25 bits per heavy atom. The van der Waals surface area contributed by atoms with E-state index in [0.29, 0.717) is 6.54 Å². The molecule has 1 aliphatic rings. The molecule has 3 atom stereocenters. The second kappa shape index (κ2) is 3.84. The molecule has 0 aliphatic carbocycles. The van der Waals surface area contributed by atoms with Crippen LogP contribution in [0.15, 0.2) is 0 Å². The number of aliphatic hydroxyl groups excluding tert-OH is 2.